The van der Waals surface area contributed by atoms with Crippen LogP contribution in [0.4, 0.5) is 0 Å². The van der Waals surface area contributed by atoms with Crippen LogP contribution >= 0.6 is 27.5 Å². The quantitative estimate of drug-likeness (QED) is 0.582. The second kappa shape index (κ2) is 8.88. The monoisotopic (exact) mass is 446 g/mol. The summed E-state index contributed by atoms with van der Waals surface area (Å²) >= 11 is 9.40. The minimum Gasteiger partial charge on any atom is -0.467 e. The molecule has 27 heavy (non-hydrogen) atoms. The van der Waals surface area contributed by atoms with E-state index >= 15 is 0 Å². The third-order valence-electron chi connectivity index (χ3n) is 3.82. The number of nitrogens with one attached hydrogen (secondary N) is 2. The Bertz CT molecular complexity index is 958. The Labute approximate surface area is 169 Å². The highest BCUT2D eigenvalue weighted by atomic mass is 79.9. The summed E-state index contributed by atoms with van der Waals surface area (Å²) in [6, 6.07) is 15.7. The largest absolute Gasteiger partial charge is 0.467 e. The number of amides is 2. The fourth-order valence-electron chi connectivity index (χ4n) is 2.45. The lowest BCUT2D eigenvalue weighted by Crippen LogP contribution is -2.24. The highest BCUT2D eigenvalue weighted by Crippen LogP contribution is 2.21. The second-order valence-corrected chi connectivity index (χ2v) is 7.09. The van der Waals surface area contributed by atoms with Crippen molar-refractivity contribution in [3.8, 4) is 0 Å². The van der Waals surface area contributed by atoms with Crippen LogP contribution in [0.15, 0.2) is 69.8 Å². The molecule has 1 aromatic heterocycles. The summed E-state index contributed by atoms with van der Waals surface area (Å²) in [6.45, 7) is 0.592. The molecule has 0 aliphatic heterocycles. The Hall–Kier alpha value is -2.57. The summed E-state index contributed by atoms with van der Waals surface area (Å²) in [5, 5.41) is 5.98. The number of halogens is 2. The summed E-state index contributed by atoms with van der Waals surface area (Å²) in [4.78, 5) is 24.6. The van der Waals surface area contributed by atoms with Gasteiger partial charge >= 0.3 is 0 Å². The SMILES string of the molecule is O=C(NCc1ccco1)c1cccc(CNC(=O)c2cc(Br)ccc2Cl)c1. The highest BCUT2D eigenvalue weighted by molar-refractivity contribution is 9.10. The van der Waals surface area contributed by atoms with Crippen molar-refractivity contribution in [2.24, 2.45) is 0 Å². The number of hydrogen-bond acceptors (Lipinski definition) is 3. The van der Waals surface area contributed by atoms with Crippen LogP contribution in [-0.4, -0.2) is 11.8 Å². The minimum absolute atomic E-state index is 0.213. The zero-order valence-corrected chi connectivity index (χ0v) is 16.5. The van der Waals surface area contributed by atoms with Crippen LogP contribution in [0.2, 0.25) is 5.02 Å². The highest BCUT2D eigenvalue weighted by Gasteiger charge is 2.11. The van der Waals surface area contributed by atoms with E-state index in [1.807, 2.05) is 6.07 Å². The van der Waals surface area contributed by atoms with Crippen molar-refractivity contribution >= 4 is 39.3 Å². The molecule has 2 N–H and O–H groups in total. The third kappa shape index (κ3) is 5.21. The molecule has 2 amide bonds. The van der Waals surface area contributed by atoms with Crippen LogP contribution < -0.4 is 10.6 Å². The average molecular weight is 448 g/mol. The van der Waals surface area contributed by atoms with Gasteiger partial charge in [0.25, 0.3) is 11.8 Å². The van der Waals surface area contributed by atoms with Gasteiger partial charge in [0.15, 0.2) is 0 Å². The molecule has 7 heteroatoms. The Morgan fingerprint density at radius 3 is 2.56 bits per heavy atom. The van der Waals surface area contributed by atoms with E-state index in [-0.39, 0.29) is 18.4 Å². The Balaban J connectivity index is 1.61. The van der Waals surface area contributed by atoms with Gasteiger partial charge in [0.05, 0.1) is 23.4 Å². The van der Waals surface area contributed by atoms with Gasteiger partial charge in [0.2, 0.25) is 0 Å². The van der Waals surface area contributed by atoms with E-state index in [2.05, 4.69) is 26.6 Å². The van der Waals surface area contributed by atoms with E-state index < -0.39 is 0 Å². The van der Waals surface area contributed by atoms with Crippen LogP contribution in [0.5, 0.6) is 0 Å². The lowest BCUT2D eigenvalue weighted by Gasteiger charge is -2.09. The average Bonchev–Trinajstić information content (AvgIpc) is 3.20. The van der Waals surface area contributed by atoms with Crippen LogP contribution in [0.3, 0.4) is 0 Å². The first-order valence-corrected chi connectivity index (χ1v) is 9.33. The molecule has 0 spiro atoms. The van der Waals surface area contributed by atoms with E-state index in [0.29, 0.717) is 28.5 Å². The molecule has 0 saturated heterocycles. The van der Waals surface area contributed by atoms with Gasteiger partial charge in [-0.15, -0.1) is 0 Å². The summed E-state index contributed by atoms with van der Waals surface area (Å²) in [7, 11) is 0. The van der Waals surface area contributed by atoms with Gasteiger partial charge in [0, 0.05) is 16.6 Å². The summed E-state index contributed by atoms with van der Waals surface area (Å²) in [5.41, 5.74) is 1.70. The van der Waals surface area contributed by atoms with Crippen molar-refractivity contribution in [3.05, 3.63) is 92.8 Å². The van der Waals surface area contributed by atoms with E-state index in [4.69, 9.17) is 16.0 Å². The maximum absolute atomic E-state index is 12.3. The van der Waals surface area contributed by atoms with Gasteiger partial charge in [-0.3, -0.25) is 9.59 Å². The molecule has 138 valence electrons. The zero-order valence-electron chi connectivity index (χ0n) is 14.2. The van der Waals surface area contributed by atoms with Crippen molar-refractivity contribution in [1.29, 1.82) is 0 Å². The molecule has 0 radical (unpaired) electrons. The molecule has 0 fully saturated rings. The summed E-state index contributed by atoms with van der Waals surface area (Å²) in [6.07, 6.45) is 1.56. The fourth-order valence-corrected chi connectivity index (χ4v) is 3.02. The molecule has 0 aliphatic rings. The number of rotatable bonds is 6. The van der Waals surface area contributed by atoms with Crippen molar-refractivity contribution in [2.75, 3.05) is 0 Å². The predicted molar refractivity (Wildman–Crippen MR) is 107 cm³/mol. The van der Waals surface area contributed by atoms with Gasteiger partial charge in [-0.2, -0.15) is 0 Å². The van der Waals surface area contributed by atoms with Gasteiger partial charge in [-0.25, -0.2) is 0 Å². The van der Waals surface area contributed by atoms with Crippen molar-refractivity contribution in [2.45, 2.75) is 13.1 Å². The van der Waals surface area contributed by atoms with Gasteiger partial charge < -0.3 is 15.1 Å². The van der Waals surface area contributed by atoms with Gasteiger partial charge in [-0.05, 0) is 48.0 Å². The Morgan fingerprint density at radius 2 is 1.78 bits per heavy atom. The Morgan fingerprint density at radius 1 is 0.963 bits per heavy atom. The molecule has 5 nitrogen and oxygen atoms in total. The molecule has 0 saturated carbocycles. The molecule has 3 aromatic rings. The fraction of sp³-hybridized carbons (Fsp3) is 0.100. The maximum Gasteiger partial charge on any atom is 0.253 e. The molecule has 2 aromatic carbocycles. The van der Waals surface area contributed by atoms with Crippen LogP contribution in [-0.2, 0) is 13.1 Å². The predicted octanol–water partition coefficient (Wildman–Crippen LogP) is 4.56. The first-order valence-electron chi connectivity index (χ1n) is 8.15. The molecule has 0 atom stereocenters. The number of hydrogen-bond donors (Lipinski definition) is 2. The van der Waals surface area contributed by atoms with Crippen LogP contribution in [0, 0.1) is 0 Å². The molecular formula is C20H16BrClN2O3. The number of carbonyl (C=O) groups excluding carboxylic acids is 2. The summed E-state index contributed by atoms with van der Waals surface area (Å²) in [5.74, 6) is 0.182. The van der Waals surface area contributed by atoms with Crippen molar-refractivity contribution < 1.29 is 14.0 Å². The van der Waals surface area contributed by atoms with Gasteiger partial charge in [0.1, 0.15) is 5.76 Å². The third-order valence-corrected chi connectivity index (χ3v) is 4.64. The molecule has 0 bridgehead atoms. The molecule has 0 unspecified atom stereocenters. The second-order valence-electron chi connectivity index (χ2n) is 5.77. The van der Waals surface area contributed by atoms with E-state index in [1.165, 1.54) is 0 Å². The topological polar surface area (TPSA) is 71.3 Å². The Kier molecular flexibility index (Phi) is 6.32. The van der Waals surface area contributed by atoms with Crippen molar-refractivity contribution in [1.82, 2.24) is 10.6 Å². The molecular weight excluding hydrogens is 432 g/mol. The standard InChI is InChI=1S/C20H16BrClN2O3/c21-15-6-7-18(22)17(10-15)20(26)23-11-13-3-1-4-14(9-13)19(25)24-12-16-5-2-8-27-16/h1-10H,11-12H2,(H,23,26)(H,24,25). The van der Waals surface area contributed by atoms with Crippen molar-refractivity contribution in [3.63, 3.8) is 0 Å². The normalized spacial score (nSPS) is 10.4. The number of furan rings is 1. The number of benzene rings is 2. The van der Waals surface area contributed by atoms with Gasteiger partial charge in [-0.1, -0.05) is 39.7 Å². The molecule has 3 rings (SSSR count). The lowest BCUT2D eigenvalue weighted by atomic mass is 10.1. The van der Waals surface area contributed by atoms with E-state index in [1.54, 1.807) is 54.8 Å². The van der Waals surface area contributed by atoms with Crippen LogP contribution in [0.25, 0.3) is 0 Å². The lowest BCUT2D eigenvalue weighted by molar-refractivity contribution is 0.0943. The van der Waals surface area contributed by atoms with E-state index in [9.17, 15) is 9.59 Å². The van der Waals surface area contributed by atoms with E-state index in [0.717, 1.165) is 10.0 Å². The molecule has 0 aliphatic carbocycles. The smallest absolute Gasteiger partial charge is 0.253 e. The summed E-state index contributed by atoms with van der Waals surface area (Å²) < 4.78 is 5.96. The zero-order chi connectivity index (χ0) is 19.2. The minimum atomic E-state index is -0.283. The number of carbonyl (C=O) groups is 2. The first kappa shape index (κ1) is 19.2. The first-order chi connectivity index (χ1) is 13.0. The van der Waals surface area contributed by atoms with Crippen LogP contribution in [0.1, 0.15) is 32.0 Å². The maximum atomic E-state index is 12.3. The molecule has 1 heterocycles.